The lowest BCUT2D eigenvalue weighted by Gasteiger charge is -2.32. The Morgan fingerprint density at radius 1 is 0.972 bits per heavy atom. The number of hydrogen-bond donors (Lipinski definition) is 1. The number of carbonyl (C=O) groups excluding carboxylic acids is 2. The van der Waals surface area contributed by atoms with Crippen LogP contribution in [0.25, 0.3) is 0 Å². The molecule has 190 valence electrons. The van der Waals surface area contributed by atoms with Gasteiger partial charge >= 0.3 is 0 Å². The number of benzene rings is 2. The van der Waals surface area contributed by atoms with Crippen molar-refractivity contribution in [3.8, 4) is 17.2 Å². The fraction of sp³-hybridized carbons (Fsp3) is 0.357. The fourth-order valence-corrected chi connectivity index (χ4v) is 4.64. The second-order valence-corrected chi connectivity index (χ2v) is 8.84. The highest BCUT2D eigenvalue weighted by molar-refractivity contribution is 6.08. The van der Waals surface area contributed by atoms with Gasteiger partial charge in [-0.1, -0.05) is 30.5 Å². The Bertz CT molecular complexity index is 1160. The summed E-state index contributed by atoms with van der Waals surface area (Å²) in [5.74, 6) is 0.570. The van der Waals surface area contributed by atoms with Gasteiger partial charge in [-0.15, -0.1) is 0 Å². The summed E-state index contributed by atoms with van der Waals surface area (Å²) < 4.78 is 22.1. The van der Waals surface area contributed by atoms with Crippen LogP contribution in [0.15, 0.2) is 59.2 Å². The van der Waals surface area contributed by atoms with Crippen molar-refractivity contribution >= 4 is 17.5 Å². The summed E-state index contributed by atoms with van der Waals surface area (Å²) in [6, 6.07) is 13.1. The molecule has 3 aromatic rings. The maximum atomic E-state index is 14.0. The van der Waals surface area contributed by atoms with Crippen LogP contribution in [0.5, 0.6) is 17.2 Å². The number of amides is 2. The lowest BCUT2D eigenvalue weighted by molar-refractivity contribution is -0.123. The zero-order chi connectivity index (χ0) is 25.7. The zero-order valence-corrected chi connectivity index (χ0v) is 21.1. The van der Waals surface area contributed by atoms with Gasteiger partial charge in [0.2, 0.25) is 11.7 Å². The molecule has 4 rings (SSSR count). The van der Waals surface area contributed by atoms with Crippen molar-refractivity contribution in [2.24, 2.45) is 0 Å². The van der Waals surface area contributed by atoms with Crippen LogP contribution in [-0.2, 0) is 4.79 Å². The molecular weight excluding hydrogens is 460 g/mol. The van der Waals surface area contributed by atoms with Gasteiger partial charge in [0.25, 0.3) is 5.91 Å². The van der Waals surface area contributed by atoms with E-state index in [1.807, 2.05) is 31.2 Å². The molecule has 1 aliphatic carbocycles. The summed E-state index contributed by atoms with van der Waals surface area (Å²) in [7, 11) is 4.55. The van der Waals surface area contributed by atoms with E-state index in [1.165, 1.54) is 32.5 Å². The molecule has 2 aromatic carbocycles. The van der Waals surface area contributed by atoms with Crippen molar-refractivity contribution in [3.05, 3.63) is 71.7 Å². The summed E-state index contributed by atoms with van der Waals surface area (Å²) in [4.78, 5) is 29.3. The monoisotopic (exact) mass is 492 g/mol. The molecule has 1 saturated carbocycles. The number of nitrogens with one attached hydrogen (secondary N) is 1. The topological polar surface area (TPSA) is 90.2 Å². The van der Waals surface area contributed by atoms with E-state index in [1.54, 1.807) is 24.3 Å². The quantitative estimate of drug-likeness (QED) is 0.449. The van der Waals surface area contributed by atoms with Gasteiger partial charge in [-0.05, 0) is 61.7 Å². The summed E-state index contributed by atoms with van der Waals surface area (Å²) in [6.07, 6.45) is 5.38. The first-order valence-electron chi connectivity index (χ1n) is 12.0. The second-order valence-electron chi connectivity index (χ2n) is 8.84. The third-order valence-electron chi connectivity index (χ3n) is 6.47. The number of anilines is 1. The molecule has 1 fully saturated rings. The number of methoxy groups -OCH3 is 3. The number of hydrogen-bond acceptors (Lipinski definition) is 6. The highest BCUT2D eigenvalue weighted by Gasteiger charge is 2.37. The highest BCUT2D eigenvalue weighted by Crippen LogP contribution is 2.42. The van der Waals surface area contributed by atoms with Gasteiger partial charge in [0, 0.05) is 11.7 Å². The minimum Gasteiger partial charge on any atom is -0.493 e. The molecule has 1 N–H and O–H groups in total. The molecule has 8 nitrogen and oxygen atoms in total. The molecule has 8 heteroatoms. The van der Waals surface area contributed by atoms with Crippen LogP contribution < -0.4 is 24.4 Å². The number of carbonyl (C=O) groups is 2. The number of ether oxygens (including phenoxy) is 3. The average Bonchev–Trinajstić information content (AvgIpc) is 3.61. The first kappa shape index (κ1) is 25.2. The molecule has 0 spiro atoms. The lowest BCUT2D eigenvalue weighted by Crippen LogP contribution is -2.46. The summed E-state index contributed by atoms with van der Waals surface area (Å²) >= 11 is 0. The average molecular weight is 493 g/mol. The Kier molecular flexibility index (Phi) is 7.83. The number of furan rings is 1. The summed E-state index contributed by atoms with van der Waals surface area (Å²) in [5, 5.41) is 3.17. The third kappa shape index (κ3) is 5.17. The predicted molar refractivity (Wildman–Crippen MR) is 136 cm³/mol. The number of rotatable bonds is 9. The van der Waals surface area contributed by atoms with Gasteiger partial charge in [0.15, 0.2) is 17.3 Å². The number of nitrogens with zero attached hydrogens (tertiary/aromatic N) is 1. The van der Waals surface area contributed by atoms with Crippen LogP contribution in [0.3, 0.4) is 0 Å². The van der Waals surface area contributed by atoms with Crippen LogP contribution in [0.1, 0.15) is 53.4 Å². The normalized spacial score (nSPS) is 14.2. The van der Waals surface area contributed by atoms with Crippen LogP contribution in [0.2, 0.25) is 0 Å². The zero-order valence-electron chi connectivity index (χ0n) is 21.1. The van der Waals surface area contributed by atoms with Gasteiger partial charge in [-0.2, -0.15) is 0 Å². The van der Waals surface area contributed by atoms with Crippen molar-refractivity contribution < 1.29 is 28.2 Å². The van der Waals surface area contributed by atoms with Crippen LogP contribution in [0.4, 0.5) is 5.69 Å². The number of aryl methyl sites for hydroxylation is 1. The van der Waals surface area contributed by atoms with Crippen molar-refractivity contribution in [1.82, 2.24) is 5.32 Å². The van der Waals surface area contributed by atoms with Crippen molar-refractivity contribution in [1.29, 1.82) is 0 Å². The first-order valence-corrected chi connectivity index (χ1v) is 12.0. The Morgan fingerprint density at radius 2 is 1.61 bits per heavy atom. The SMILES string of the molecule is COc1cc([C@@H](C(=O)NC2CCCC2)N(C(=O)c2ccco2)c2ccc(C)cc2)cc(OC)c1OC. The summed E-state index contributed by atoms with van der Waals surface area (Å²) in [6.45, 7) is 1.96. The molecule has 2 amide bonds. The van der Waals surface area contributed by atoms with E-state index in [2.05, 4.69) is 5.32 Å². The van der Waals surface area contributed by atoms with E-state index in [0.29, 0.717) is 28.5 Å². The molecule has 0 radical (unpaired) electrons. The molecule has 1 aliphatic rings. The molecule has 0 unspecified atom stereocenters. The minimum atomic E-state index is -1.03. The van der Waals surface area contributed by atoms with Crippen LogP contribution in [-0.4, -0.2) is 39.2 Å². The Hall–Kier alpha value is -3.94. The standard InChI is InChI=1S/C28H32N2O6/c1-18-11-13-21(14-12-18)30(28(32)22-10-7-15-36-22)25(27(31)29-20-8-5-6-9-20)19-16-23(33-2)26(35-4)24(17-19)34-3/h7,10-17,20,25H,5-6,8-9H2,1-4H3,(H,29,31)/t25-/m0/s1. The summed E-state index contributed by atoms with van der Waals surface area (Å²) in [5.41, 5.74) is 2.10. The second kappa shape index (κ2) is 11.2. The van der Waals surface area contributed by atoms with Gasteiger partial charge in [-0.25, -0.2) is 0 Å². The van der Waals surface area contributed by atoms with E-state index in [9.17, 15) is 9.59 Å². The largest absolute Gasteiger partial charge is 0.493 e. The van der Waals surface area contributed by atoms with Gasteiger partial charge in [-0.3, -0.25) is 14.5 Å². The van der Waals surface area contributed by atoms with Crippen LogP contribution >= 0.6 is 0 Å². The van der Waals surface area contributed by atoms with Crippen LogP contribution in [0, 0.1) is 6.92 Å². The van der Waals surface area contributed by atoms with Gasteiger partial charge in [0.05, 0.1) is 27.6 Å². The Labute approximate surface area is 211 Å². The molecule has 1 heterocycles. The predicted octanol–water partition coefficient (Wildman–Crippen LogP) is 5.06. The highest BCUT2D eigenvalue weighted by atomic mass is 16.5. The van der Waals surface area contributed by atoms with E-state index in [4.69, 9.17) is 18.6 Å². The Morgan fingerprint density at radius 3 is 2.14 bits per heavy atom. The molecule has 36 heavy (non-hydrogen) atoms. The van der Waals surface area contributed by atoms with E-state index < -0.39 is 11.9 Å². The van der Waals surface area contributed by atoms with E-state index in [-0.39, 0.29) is 17.7 Å². The molecule has 0 aliphatic heterocycles. The van der Waals surface area contributed by atoms with Crippen molar-refractivity contribution in [2.75, 3.05) is 26.2 Å². The molecule has 1 atom stereocenters. The maximum absolute atomic E-state index is 14.0. The molecule has 0 saturated heterocycles. The third-order valence-corrected chi connectivity index (χ3v) is 6.47. The fourth-order valence-electron chi connectivity index (χ4n) is 4.64. The van der Waals surface area contributed by atoms with Crippen molar-refractivity contribution in [2.45, 2.75) is 44.7 Å². The van der Waals surface area contributed by atoms with E-state index in [0.717, 1.165) is 31.2 Å². The van der Waals surface area contributed by atoms with Gasteiger partial charge in [0.1, 0.15) is 6.04 Å². The van der Waals surface area contributed by atoms with E-state index >= 15 is 0 Å². The minimum absolute atomic E-state index is 0.0561. The molecule has 1 aromatic heterocycles. The Balaban J connectivity index is 1.89. The van der Waals surface area contributed by atoms with Gasteiger partial charge < -0.3 is 23.9 Å². The van der Waals surface area contributed by atoms with Crippen molar-refractivity contribution in [3.63, 3.8) is 0 Å². The molecular formula is C28H32N2O6. The smallest absolute Gasteiger partial charge is 0.294 e. The first-order chi connectivity index (χ1) is 17.5. The lowest BCUT2D eigenvalue weighted by atomic mass is 10.00. The molecule has 0 bridgehead atoms. The maximum Gasteiger partial charge on any atom is 0.294 e.